The van der Waals surface area contributed by atoms with Crippen molar-refractivity contribution >= 4 is 5.78 Å². The van der Waals surface area contributed by atoms with Crippen molar-refractivity contribution in [2.45, 2.75) is 58.9 Å². The third-order valence-electron chi connectivity index (χ3n) is 3.35. The van der Waals surface area contributed by atoms with Gasteiger partial charge in [0.1, 0.15) is 5.78 Å². The highest BCUT2D eigenvalue weighted by Crippen LogP contribution is 2.31. The number of hydrogen-bond acceptors (Lipinski definition) is 2. The molecule has 0 aromatic rings. The van der Waals surface area contributed by atoms with Crippen LogP contribution >= 0.6 is 0 Å². The summed E-state index contributed by atoms with van der Waals surface area (Å²) in [6.45, 7) is 8.58. The van der Waals surface area contributed by atoms with Crippen LogP contribution in [0, 0.1) is 5.92 Å². The second-order valence-electron chi connectivity index (χ2n) is 5.07. The van der Waals surface area contributed by atoms with Crippen molar-refractivity contribution in [1.82, 2.24) is 4.90 Å². The van der Waals surface area contributed by atoms with Gasteiger partial charge in [-0.25, -0.2) is 0 Å². The normalized spacial score (nSPS) is 25.3. The van der Waals surface area contributed by atoms with Gasteiger partial charge in [-0.3, -0.25) is 0 Å². The Labute approximate surface area is 94.0 Å². The van der Waals surface area contributed by atoms with Crippen LogP contribution in [0.2, 0.25) is 0 Å². The fraction of sp³-hybridized carbons (Fsp3) is 0.923. The van der Waals surface area contributed by atoms with Crippen LogP contribution in [-0.4, -0.2) is 29.8 Å². The van der Waals surface area contributed by atoms with Gasteiger partial charge in [-0.2, -0.15) is 0 Å². The Morgan fingerprint density at radius 2 is 2.00 bits per heavy atom. The van der Waals surface area contributed by atoms with Crippen LogP contribution in [0.3, 0.4) is 0 Å². The van der Waals surface area contributed by atoms with Crippen LogP contribution in [0.15, 0.2) is 0 Å². The van der Waals surface area contributed by atoms with Crippen LogP contribution in [0.1, 0.15) is 52.9 Å². The Balaban J connectivity index is 2.21. The molecule has 1 fully saturated rings. The highest BCUT2D eigenvalue weighted by atomic mass is 16.1. The van der Waals surface area contributed by atoms with Gasteiger partial charge in [0, 0.05) is 12.5 Å². The van der Waals surface area contributed by atoms with E-state index in [4.69, 9.17) is 0 Å². The fourth-order valence-electron chi connectivity index (χ4n) is 2.45. The molecular weight excluding hydrogens is 186 g/mol. The molecule has 88 valence electrons. The van der Waals surface area contributed by atoms with Crippen molar-refractivity contribution in [3.8, 4) is 0 Å². The minimum absolute atomic E-state index is 0.327. The molecule has 2 heteroatoms. The summed E-state index contributed by atoms with van der Waals surface area (Å²) in [6, 6.07) is 0.812. The third-order valence-corrected chi connectivity index (χ3v) is 3.35. The number of ketones is 1. The van der Waals surface area contributed by atoms with E-state index in [0.717, 1.165) is 31.3 Å². The molecule has 1 rings (SSSR count). The summed E-state index contributed by atoms with van der Waals surface area (Å²) in [6.07, 6.45) is 5.74. The summed E-state index contributed by atoms with van der Waals surface area (Å²) in [5.74, 6) is 1.25. The minimum atomic E-state index is 0.327. The molecule has 0 radical (unpaired) electrons. The van der Waals surface area contributed by atoms with E-state index in [2.05, 4.69) is 18.7 Å². The Morgan fingerprint density at radius 1 is 1.33 bits per heavy atom. The molecule has 1 saturated carbocycles. The Morgan fingerprint density at radius 3 is 2.47 bits per heavy atom. The van der Waals surface area contributed by atoms with Crippen molar-refractivity contribution in [3.05, 3.63) is 0 Å². The fourth-order valence-corrected chi connectivity index (χ4v) is 2.45. The van der Waals surface area contributed by atoms with Gasteiger partial charge in [0.25, 0.3) is 0 Å². The van der Waals surface area contributed by atoms with Crippen LogP contribution in [0.5, 0.6) is 0 Å². The molecular formula is C13H25NO. The molecule has 0 aromatic heterocycles. The van der Waals surface area contributed by atoms with Gasteiger partial charge in [-0.05, 0) is 51.6 Å². The predicted octanol–water partition coefficient (Wildman–Crippen LogP) is 2.87. The predicted molar refractivity (Wildman–Crippen MR) is 64.0 cm³/mol. The summed E-state index contributed by atoms with van der Waals surface area (Å²) in [5.41, 5.74) is 0. The van der Waals surface area contributed by atoms with E-state index in [1.54, 1.807) is 6.92 Å². The number of nitrogens with zero attached hydrogens (tertiary/aromatic N) is 1. The van der Waals surface area contributed by atoms with Gasteiger partial charge in [-0.1, -0.05) is 13.8 Å². The van der Waals surface area contributed by atoms with Crippen LogP contribution in [-0.2, 0) is 4.79 Å². The first-order valence-electron chi connectivity index (χ1n) is 6.37. The molecule has 2 nitrogen and oxygen atoms in total. The van der Waals surface area contributed by atoms with Gasteiger partial charge in [0.05, 0.1) is 0 Å². The van der Waals surface area contributed by atoms with Gasteiger partial charge in [0.2, 0.25) is 0 Å². The molecule has 1 aliphatic carbocycles. The monoisotopic (exact) mass is 211 g/mol. The quantitative estimate of drug-likeness (QED) is 0.645. The average Bonchev–Trinajstić information content (AvgIpc) is 2.11. The lowest BCUT2D eigenvalue weighted by Crippen LogP contribution is -2.44. The Bertz CT molecular complexity index is 197. The van der Waals surface area contributed by atoms with E-state index >= 15 is 0 Å². The molecule has 0 heterocycles. The van der Waals surface area contributed by atoms with Crippen molar-refractivity contribution in [2.75, 3.05) is 13.1 Å². The highest BCUT2D eigenvalue weighted by molar-refractivity contribution is 5.75. The molecule has 15 heavy (non-hydrogen) atoms. The zero-order chi connectivity index (χ0) is 11.3. The second-order valence-corrected chi connectivity index (χ2v) is 5.07. The lowest BCUT2D eigenvalue weighted by molar-refractivity contribution is -0.117. The van der Waals surface area contributed by atoms with Crippen molar-refractivity contribution in [2.24, 2.45) is 5.92 Å². The molecule has 0 unspecified atom stereocenters. The van der Waals surface area contributed by atoms with Crippen LogP contribution in [0.4, 0.5) is 0 Å². The molecule has 0 N–H and O–H groups in total. The van der Waals surface area contributed by atoms with E-state index in [-0.39, 0.29) is 0 Å². The molecule has 0 saturated heterocycles. The van der Waals surface area contributed by atoms with Gasteiger partial charge >= 0.3 is 0 Å². The standard InChI is InChI=1S/C13H25NO/c1-4-7-14(8-5-6-12(3)15)13-9-11(2)10-13/h11,13H,4-10H2,1-3H3. The maximum absolute atomic E-state index is 10.9. The first-order chi connectivity index (χ1) is 7.13. The zero-order valence-electron chi connectivity index (χ0n) is 10.5. The first kappa shape index (κ1) is 12.7. The number of Topliss-reactive ketones (excluding diaryl/α,β-unsaturated/α-hetero) is 1. The van der Waals surface area contributed by atoms with E-state index in [1.165, 1.54) is 25.8 Å². The highest BCUT2D eigenvalue weighted by Gasteiger charge is 2.29. The summed E-state index contributed by atoms with van der Waals surface area (Å²) < 4.78 is 0. The number of rotatable bonds is 7. The maximum atomic E-state index is 10.9. The molecule has 0 bridgehead atoms. The van der Waals surface area contributed by atoms with Crippen molar-refractivity contribution in [1.29, 1.82) is 0 Å². The SMILES string of the molecule is CCCN(CCCC(C)=O)C1CC(C)C1. The number of carbonyl (C=O) groups excluding carboxylic acids is 1. The minimum Gasteiger partial charge on any atom is -0.300 e. The molecule has 0 aliphatic heterocycles. The lowest BCUT2D eigenvalue weighted by atomic mass is 9.80. The van der Waals surface area contributed by atoms with E-state index in [0.29, 0.717) is 5.78 Å². The molecule has 0 amide bonds. The van der Waals surface area contributed by atoms with Crippen LogP contribution < -0.4 is 0 Å². The number of hydrogen-bond donors (Lipinski definition) is 0. The Hall–Kier alpha value is -0.370. The largest absolute Gasteiger partial charge is 0.300 e. The van der Waals surface area contributed by atoms with Crippen LogP contribution in [0.25, 0.3) is 0 Å². The summed E-state index contributed by atoms with van der Waals surface area (Å²) in [4.78, 5) is 13.5. The molecule has 0 aromatic carbocycles. The molecule has 0 spiro atoms. The van der Waals surface area contributed by atoms with Gasteiger partial charge in [-0.15, -0.1) is 0 Å². The van der Waals surface area contributed by atoms with E-state index in [1.807, 2.05) is 0 Å². The van der Waals surface area contributed by atoms with Gasteiger partial charge in [0.15, 0.2) is 0 Å². The topological polar surface area (TPSA) is 20.3 Å². The average molecular weight is 211 g/mol. The molecule has 0 atom stereocenters. The maximum Gasteiger partial charge on any atom is 0.129 e. The number of carbonyl (C=O) groups is 1. The zero-order valence-corrected chi connectivity index (χ0v) is 10.5. The second kappa shape index (κ2) is 6.26. The van der Waals surface area contributed by atoms with Crippen molar-refractivity contribution < 1.29 is 4.79 Å². The summed E-state index contributed by atoms with van der Waals surface area (Å²) in [5, 5.41) is 0. The first-order valence-corrected chi connectivity index (χ1v) is 6.37. The third kappa shape index (κ3) is 4.33. The summed E-state index contributed by atoms with van der Waals surface area (Å²) >= 11 is 0. The smallest absolute Gasteiger partial charge is 0.129 e. The van der Waals surface area contributed by atoms with E-state index < -0.39 is 0 Å². The van der Waals surface area contributed by atoms with Crippen molar-refractivity contribution in [3.63, 3.8) is 0 Å². The Kier molecular flexibility index (Phi) is 5.30. The summed E-state index contributed by atoms with van der Waals surface area (Å²) in [7, 11) is 0. The lowest BCUT2D eigenvalue weighted by Gasteiger charge is -2.41. The van der Waals surface area contributed by atoms with Gasteiger partial charge < -0.3 is 9.69 Å². The van der Waals surface area contributed by atoms with E-state index in [9.17, 15) is 4.79 Å². The molecule has 1 aliphatic rings.